The number of hydrogen-bond acceptors (Lipinski definition) is 4. The van der Waals surface area contributed by atoms with E-state index in [0.29, 0.717) is 23.2 Å². The predicted octanol–water partition coefficient (Wildman–Crippen LogP) is 4.61. The van der Waals surface area contributed by atoms with Gasteiger partial charge in [0.15, 0.2) is 5.17 Å². The molecule has 0 unspecified atom stereocenters. The average molecular weight is 382 g/mol. The average Bonchev–Trinajstić information content (AvgIpc) is 3.28. The summed E-state index contributed by atoms with van der Waals surface area (Å²) in [5.41, 5.74) is 7.60. The van der Waals surface area contributed by atoms with Gasteiger partial charge in [-0.3, -0.25) is 5.43 Å². The number of aliphatic imine (C=N–C) groups is 1. The number of nitrogens with zero attached hydrogens (tertiary/aromatic N) is 3. The minimum atomic E-state index is -0.344. The van der Waals surface area contributed by atoms with Crippen LogP contribution in [0.15, 0.2) is 63.2 Å². The van der Waals surface area contributed by atoms with E-state index in [9.17, 15) is 4.39 Å². The van der Waals surface area contributed by atoms with E-state index in [2.05, 4.69) is 40.0 Å². The van der Waals surface area contributed by atoms with Crippen LogP contribution in [-0.2, 0) is 6.54 Å². The summed E-state index contributed by atoms with van der Waals surface area (Å²) in [5, 5.41) is 5.07. The summed E-state index contributed by atoms with van der Waals surface area (Å²) in [6.07, 6.45) is 1.69. The standard InChI is InChI=1S/C20H19FN4OS/c1-13-10-16(14(2)25(13)11-15-6-5-9-26-15)19-12-27-20(24-23-19)22-18-8-4-3-7-17(18)21/h3-10H,11-12H2,1-2H3,(H,22,24). The maximum Gasteiger partial charge on any atom is 0.182 e. The van der Waals surface area contributed by atoms with Crippen molar-refractivity contribution in [2.24, 2.45) is 10.1 Å². The minimum Gasteiger partial charge on any atom is -0.467 e. The molecule has 27 heavy (non-hydrogen) atoms. The van der Waals surface area contributed by atoms with Crippen LogP contribution in [0.2, 0.25) is 0 Å². The second-order valence-electron chi connectivity index (χ2n) is 6.28. The molecule has 0 fully saturated rings. The Morgan fingerprint density at radius 3 is 2.81 bits per heavy atom. The molecule has 1 aromatic carbocycles. The first-order valence-electron chi connectivity index (χ1n) is 8.60. The number of para-hydroxylation sites is 1. The topological polar surface area (TPSA) is 54.8 Å². The van der Waals surface area contributed by atoms with Gasteiger partial charge in [0.2, 0.25) is 0 Å². The molecule has 0 bridgehead atoms. The number of furan rings is 1. The number of rotatable bonds is 4. The molecule has 0 saturated heterocycles. The normalized spacial score (nSPS) is 15.7. The highest BCUT2D eigenvalue weighted by atomic mass is 32.2. The summed E-state index contributed by atoms with van der Waals surface area (Å²) in [6, 6.07) is 12.5. The van der Waals surface area contributed by atoms with Crippen molar-refractivity contribution in [1.29, 1.82) is 0 Å². The van der Waals surface area contributed by atoms with Crippen molar-refractivity contribution >= 4 is 28.3 Å². The lowest BCUT2D eigenvalue weighted by atomic mass is 10.1. The quantitative estimate of drug-likeness (QED) is 0.717. The van der Waals surface area contributed by atoms with Gasteiger partial charge in [-0.1, -0.05) is 23.9 Å². The zero-order valence-electron chi connectivity index (χ0n) is 15.1. The molecule has 1 N–H and O–H groups in total. The van der Waals surface area contributed by atoms with Crippen molar-refractivity contribution in [1.82, 2.24) is 9.99 Å². The number of thioether (sulfide) groups is 1. The van der Waals surface area contributed by atoms with Gasteiger partial charge in [-0.25, -0.2) is 9.38 Å². The van der Waals surface area contributed by atoms with E-state index in [1.165, 1.54) is 17.8 Å². The van der Waals surface area contributed by atoms with Crippen molar-refractivity contribution in [3.8, 4) is 0 Å². The van der Waals surface area contributed by atoms with Gasteiger partial charge < -0.3 is 8.98 Å². The number of aromatic nitrogens is 1. The van der Waals surface area contributed by atoms with Crippen LogP contribution in [0.4, 0.5) is 10.1 Å². The van der Waals surface area contributed by atoms with Crippen LogP contribution in [0.25, 0.3) is 0 Å². The number of halogens is 1. The third kappa shape index (κ3) is 3.68. The Morgan fingerprint density at radius 2 is 2.11 bits per heavy atom. The molecule has 4 rings (SSSR count). The van der Waals surface area contributed by atoms with Crippen LogP contribution in [0, 0.1) is 19.7 Å². The largest absolute Gasteiger partial charge is 0.467 e. The molecular formula is C20H19FN4OS. The van der Waals surface area contributed by atoms with Gasteiger partial charge >= 0.3 is 0 Å². The highest BCUT2D eigenvalue weighted by Crippen LogP contribution is 2.24. The molecule has 3 heterocycles. The zero-order valence-corrected chi connectivity index (χ0v) is 15.9. The van der Waals surface area contributed by atoms with Crippen molar-refractivity contribution in [2.75, 3.05) is 5.75 Å². The Hall–Kier alpha value is -2.80. The van der Waals surface area contributed by atoms with Crippen LogP contribution in [0.1, 0.15) is 22.7 Å². The molecule has 7 heteroatoms. The molecule has 1 aliphatic rings. The lowest BCUT2D eigenvalue weighted by Crippen LogP contribution is -2.25. The van der Waals surface area contributed by atoms with Crippen LogP contribution >= 0.6 is 11.8 Å². The minimum absolute atomic E-state index is 0.308. The third-order valence-electron chi connectivity index (χ3n) is 4.49. The summed E-state index contributed by atoms with van der Waals surface area (Å²) in [7, 11) is 0. The number of hydrazone groups is 1. The van der Waals surface area contributed by atoms with Gasteiger partial charge in [-0.2, -0.15) is 5.10 Å². The van der Waals surface area contributed by atoms with Crippen molar-refractivity contribution < 1.29 is 8.81 Å². The van der Waals surface area contributed by atoms with Gasteiger partial charge in [0.1, 0.15) is 17.3 Å². The monoisotopic (exact) mass is 382 g/mol. The highest BCUT2D eigenvalue weighted by molar-refractivity contribution is 8.14. The molecule has 1 aliphatic heterocycles. The van der Waals surface area contributed by atoms with Gasteiger partial charge in [0.25, 0.3) is 0 Å². The first kappa shape index (κ1) is 17.6. The van der Waals surface area contributed by atoms with Crippen molar-refractivity contribution in [3.63, 3.8) is 0 Å². The number of amidine groups is 1. The molecule has 0 radical (unpaired) electrons. The van der Waals surface area contributed by atoms with Gasteiger partial charge in [0, 0.05) is 22.7 Å². The Balaban J connectivity index is 1.55. The smallest absolute Gasteiger partial charge is 0.182 e. The molecule has 0 amide bonds. The SMILES string of the molecule is Cc1cc(C2=NNC(=Nc3ccccc3F)SC2)c(C)n1Cc1ccco1. The third-order valence-corrected chi connectivity index (χ3v) is 5.36. The Morgan fingerprint density at radius 1 is 1.26 bits per heavy atom. The molecular weight excluding hydrogens is 363 g/mol. The second kappa shape index (κ2) is 7.44. The Kier molecular flexibility index (Phi) is 4.85. The van der Waals surface area contributed by atoms with E-state index in [-0.39, 0.29) is 5.82 Å². The van der Waals surface area contributed by atoms with Gasteiger partial charge in [0.05, 0.1) is 18.5 Å². The molecule has 0 aliphatic carbocycles. The maximum absolute atomic E-state index is 13.8. The number of hydrogen-bond donors (Lipinski definition) is 1. The lowest BCUT2D eigenvalue weighted by molar-refractivity contribution is 0.489. The molecule has 0 saturated carbocycles. The van der Waals surface area contributed by atoms with E-state index < -0.39 is 0 Å². The Labute approximate surface area is 161 Å². The van der Waals surface area contributed by atoms with E-state index in [1.54, 1.807) is 24.5 Å². The van der Waals surface area contributed by atoms with E-state index in [1.807, 2.05) is 12.1 Å². The van der Waals surface area contributed by atoms with Crippen LogP contribution < -0.4 is 5.43 Å². The van der Waals surface area contributed by atoms with Crippen LogP contribution in [0.3, 0.4) is 0 Å². The second-order valence-corrected chi connectivity index (χ2v) is 7.24. The first-order chi connectivity index (χ1) is 13.1. The summed E-state index contributed by atoms with van der Waals surface area (Å²) in [6.45, 7) is 4.86. The van der Waals surface area contributed by atoms with Crippen LogP contribution in [0.5, 0.6) is 0 Å². The fourth-order valence-corrected chi connectivity index (χ4v) is 3.83. The summed E-state index contributed by atoms with van der Waals surface area (Å²) >= 11 is 1.51. The highest BCUT2D eigenvalue weighted by Gasteiger charge is 2.19. The molecule has 2 aromatic heterocycles. The van der Waals surface area contributed by atoms with Gasteiger partial charge in [-0.15, -0.1) is 0 Å². The predicted molar refractivity (Wildman–Crippen MR) is 107 cm³/mol. The lowest BCUT2D eigenvalue weighted by Gasteiger charge is -2.15. The number of benzene rings is 1. The molecule has 0 spiro atoms. The van der Waals surface area contributed by atoms with Gasteiger partial charge in [-0.05, 0) is 44.2 Å². The summed E-state index contributed by atoms with van der Waals surface area (Å²) in [5.74, 6) is 1.25. The van der Waals surface area contributed by atoms with Crippen LogP contribution in [-0.4, -0.2) is 21.2 Å². The Bertz CT molecular complexity index is 1020. The number of nitrogens with one attached hydrogen (secondary N) is 1. The maximum atomic E-state index is 13.8. The van der Waals surface area contributed by atoms with Crippen molar-refractivity contribution in [2.45, 2.75) is 20.4 Å². The molecule has 5 nitrogen and oxygen atoms in total. The molecule has 0 atom stereocenters. The first-order valence-corrected chi connectivity index (χ1v) is 9.58. The van der Waals surface area contributed by atoms with E-state index in [4.69, 9.17) is 4.42 Å². The summed E-state index contributed by atoms with van der Waals surface area (Å²) < 4.78 is 21.4. The zero-order chi connectivity index (χ0) is 18.8. The van der Waals surface area contributed by atoms with E-state index in [0.717, 1.165) is 28.4 Å². The number of aryl methyl sites for hydroxylation is 1. The summed E-state index contributed by atoms with van der Waals surface area (Å²) in [4.78, 5) is 4.31. The molecule has 138 valence electrons. The van der Waals surface area contributed by atoms with Crippen molar-refractivity contribution in [3.05, 3.63) is 77.3 Å². The van der Waals surface area contributed by atoms with E-state index >= 15 is 0 Å². The fraction of sp³-hybridized carbons (Fsp3) is 0.200. The fourth-order valence-electron chi connectivity index (χ4n) is 3.06. The molecule has 3 aromatic rings.